The van der Waals surface area contributed by atoms with Crippen molar-refractivity contribution in [3.05, 3.63) is 27.7 Å². The van der Waals surface area contributed by atoms with E-state index in [-0.39, 0.29) is 22.1 Å². The van der Waals surface area contributed by atoms with Gasteiger partial charge in [-0.1, -0.05) is 23.2 Å². The van der Waals surface area contributed by atoms with Crippen molar-refractivity contribution >= 4 is 33.2 Å². The van der Waals surface area contributed by atoms with Crippen LogP contribution >= 0.6 is 23.2 Å². The van der Waals surface area contributed by atoms with Gasteiger partial charge in [0.1, 0.15) is 4.90 Å². The van der Waals surface area contributed by atoms with E-state index in [4.69, 9.17) is 27.9 Å². The van der Waals surface area contributed by atoms with Crippen LogP contribution in [0.15, 0.2) is 17.0 Å². The molecule has 0 aromatic heterocycles. The highest BCUT2D eigenvalue weighted by atomic mass is 35.5. The van der Waals surface area contributed by atoms with Crippen LogP contribution < -0.4 is 0 Å². The van der Waals surface area contributed by atoms with E-state index in [0.717, 1.165) is 0 Å². The zero-order valence-electron chi connectivity index (χ0n) is 11.6. The summed E-state index contributed by atoms with van der Waals surface area (Å²) in [4.78, 5) is 0.0994. The molecule has 4 nitrogen and oxygen atoms in total. The van der Waals surface area contributed by atoms with Gasteiger partial charge >= 0.3 is 0 Å². The first-order chi connectivity index (χ1) is 9.23. The van der Waals surface area contributed by atoms with E-state index >= 15 is 0 Å². The number of hydrogen-bond donors (Lipinski definition) is 0. The SMILES string of the molecule is Cc1c(Cl)ccc(S(=O)(=O)N2CC(C)OC(C)C2)c1Cl. The van der Waals surface area contributed by atoms with E-state index in [1.165, 1.54) is 10.4 Å². The molecular formula is C13H17Cl2NO3S. The molecule has 1 heterocycles. The molecule has 1 aliphatic rings. The summed E-state index contributed by atoms with van der Waals surface area (Å²) < 4.78 is 32.4. The van der Waals surface area contributed by atoms with Crippen molar-refractivity contribution in [1.29, 1.82) is 0 Å². The lowest BCUT2D eigenvalue weighted by molar-refractivity contribution is -0.0440. The van der Waals surface area contributed by atoms with Gasteiger partial charge in [0.2, 0.25) is 10.0 Å². The Labute approximate surface area is 129 Å². The summed E-state index contributed by atoms with van der Waals surface area (Å²) in [6.45, 7) is 6.06. The van der Waals surface area contributed by atoms with Crippen molar-refractivity contribution in [2.24, 2.45) is 0 Å². The van der Waals surface area contributed by atoms with Crippen LogP contribution in [-0.2, 0) is 14.8 Å². The Morgan fingerprint density at radius 2 is 1.75 bits per heavy atom. The Balaban J connectivity index is 2.43. The fourth-order valence-corrected chi connectivity index (χ4v) is 4.68. The molecule has 0 bridgehead atoms. The third-order valence-electron chi connectivity index (χ3n) is 3.29. The van der Waals surface area contributed by atoms with Crippen LogP contribution in [0, 0.1) is 6.92 Å². The summed E-state index contributed by atoms with van der Waals surface area (Å²) in [7, 11) is -3.64. The molecule has 20 heavy (non-hydrogen) atoms. The molecule has 1 aliphatic heterocycles. The van der Waals surface area contributed by atoms with Crippen molar-refractivity contribution < 1.29 is 13.2 Å². The lowest BCUT2D eigenvalue weighted by atomic mass is 10.2. The van der Waals surface area contributed by atoms with E-state index < -0.39 is 10.0 Å². The second kappa shape index (κ2) is 5.81. The minimum absolute atomic E-state index is 0.0994. The highest BCUT2D eigenvalue weighted by molar-refractivity contribution is 7.89. The second-order valence-corrected chi connectivity index (χ2v) is 7.76. The van der Waals surface area contributed by atoms with Crippen LogP contribution in [0.25, 0.3) is 0 Å². The van der Waals surface area contributed by atoms with E-state index in [1.807, 2.05) is 13.8 Å². The zero-order valence-corrected chi connectivity index (χ0v) is 13.9. The maximum absolute atomic E-state index is 12.7. The van der Waals surface area contributed by atoms with Crippen molar-refractivity contribution in [3.63, 3.8) is 0 Å². The second-order valence-electron chi connectivity index (χ2n) is 5.06. The van der Waals surface area contributed by atoms with Gasteiger partial charge in [0.15, 0.2) is 0 Å². The fraction of sp³-hybridized carbons (Fsp3) is 0.538. The van der Waals surface area contributed by atoms with Crippen LogP contribution in [-0.4, -0.2) is 38.0 Å². The number of ether oxygens (including phenoxy) is 1. The summed E-state index contributed by atoms with van der Waals surface area (Å²) in [5.74, 6) is 0. The molecule has 1 aromatic carbocycles. The molecule has 0 aliphatic carbocycles. The minimum Gasteiger partial charge on any atom is -0.373 e. The normalized spacial score (nSPS) is 24.9. The molecule has 0 amide bonds. The summed E-state index contributed by atoms with van der Waals surface area (Å²) >= 11 is 12.1. The number of nitrogens with zero attached hydrogens (tertiary/aromatic N) is 1. The highest BCUT2D eigenvalue weighted by Crippen LogP contribution is 2.32. The Morgan fingerprint density at radius 1 is 1.20 bits per heavy atom. The van der Waals surface area contributed by atoms with Gasteiger partial charge in [-0.15, -0.1) is 0 Å². The molecular weight excluding hydrogens is 321 g/mol. The third-order valence-corrected chi connectivity index (χ3v) is 6.17. The molecule has 112 valence electrons. The number of hydrogen-bond acceptors (Lipinski definition) is 3. The molecule has 0 spiro atoms. The summed E-state index contributed by atoms with van der Waals surface area (Å²) in [5, 5.41) is 0.641. The van der Waals surface area contributed by atoms with Crippen LogP contribution in [0.5, 0.6) is 0 Å². The summed E-state index contributed by atoms with van der Waals surface area (Å²) in [6, 6.07) is 3.01. The van der Waals surface area contributed by atoms with Crippen LogP contribution in [0.2, 0.25) is 10.0 Å². The van der Waals surface area contributed by atoms with E-state index in [0.29, 0.717) is 23.7 Å². The molecule has 1 fully saturated rings. The fourth-order valence-electron chi connectivity index (χ4n) is 2.30. The molecule has 2 atom stereocenters. The average Bonchev–Trinajstić information content (AvgIpc) is 2.34. The first-order valence-electron chi connectivity index (χ1n) is 6.33. The highest BCUT2D eigenvalue weighted by Gasteiger charge is 2.33. The predicted octanol–water partition coefficient (Wildman–Crippen LogP) is 3.10. The molecule has 2 rings (SSSR count). The van der Waals surface area contributed by atoms with Gasteiger partial charge in [-0.3, -0.25) is 0 Å². The number of benzene rings is 1. The number of sulfonamides is 1. The van der Waals surface area contributed by atoms with Gasteiger partial charge in [0.25, 0.3) is 0 Å². The molecule has 0 N–H and O–H groups in total. The Kier molecular flexibility index (Phi) is 4.66. The molecule has 0 radical (unpaired) electrons. The maximum Gasteiger partial charge on any atom is 0.244 e. The number of rotatable bonds is 2. The molecule has 0 saturated carbocycles. The summed E-state index contributed by atoms with van der Waals surface area (Å²) in [5.41, 5.74) is 0.573. The standard InChI is InChI=1S/C13H17Cl2NO3S/c1-8-6-16(7-9(2)19-8)20(17,18)12-5-4-11(14)10(3)13(12)15/h4-5,8-9H,6-7H2,1-3H3. The molecule has 7 heteroatoms. The maximum atomic E-state index is 12.7. The Hall–Kier alpha value is -0.330. The number of morpholine rings is 1. The molecule has 1 saturated heterocycles. The number of halogens is 2. The largest absolute Gasteiger partial charge is 0.373 e. The van der Waals surface area contributed by atoms with Crippen LogP contribution in [0.3, 0.4) is 0 Å². The first kappa shape index (κ1) is 16.0. The van der Waals surface area contributed by atoms with Gasteiger partial charge in [0.05, 0.1) is 17.2 Å². The van der Waals surface area contributed by atoms with Crippen LogP contribution in [0.1, 0.15) is 19.4 Å². The lowest BCUT2D eigenvalue weighted by Crippen LogP contribution is -2.48. The van der Waals surface area contributed by atoms with Gasteiger partial charge in [0, 0.05) is 18.1 Å². The topological polar surface area (TPSA) is 46.6 Å². The quantitative estimate of drug-likeness (QED) is 0.832. The van der Waals surface area contributed by atoms with Crippen molar-refractivity contribution in [1.82, 2.24) is 4.31 Å². The van der Waals surface area contributed by atoms with E-state index in [1.54, 1.807) is 13.0 Å². The third kappa shape index (κ3) is 2.97. The van der Waals surface area contributed by atoms with Gasteiger partial charge in [-0.2, -0.15) is 4.31 Å². The van der Waals surface area contributed by atoms with Crippen LogP contribution in [0.4, 0.5) is 0 Å². The average molecular weight is 338 g/mol. The predicted molar refractivity (Wildman–Crippen MR) is 80.0 cm³/mol. The van der Waals surface area contributed by atoms with Gasteiger partial charge in [-0.25, -0.2) is 8.42 Å². The first-order valence-corrected chi connectivity index (χ1v) is 8.53. The lowest BCUT2D eigenvalue weighted by Gasteiger charge is -2.34. The zero-order chi connectivity index (χ0) is 15.1. The minimum atomic E-state index is -3.64. The smallest absolute Gasteiger partial charge is 0.244 e. The van der Waals surface area contributed by atoms with Crippen molar-refractivity contribution in [2.45, 2.75) is 37.9 Å². The van der Waals surface area contributed by atoms with Crippen molar-refractivity contribution in [2.75, 3.05) is 13.1 Å². The summed E-state index contributed by atoms with van der Waals surface area (Å²) in [6.07, 6.45) is -0.276. The van der Waals surface area contributed by atoms with Crippen molar-refractivity contribution in [3.8, 4) is 0 Å². The molecule has 2 unspecified atom stereocenters. The Morgan fingerprint density at radius 3 is 2.30 bits per heavy atom. The van der Waals surface area contributed by atoms with E-state index in [2.05, 4.69) is 0 Å². The molecule has 1 aromatic rings. The van der Waals surface area contributed by atoms with Gasteiger partial charge < -0.3 is 4.74 Å². The Bertz CT molecular complexity index is 608. The monoisotopic (exact) mass is 337 g/mol. The van der Waals surface area contributed by atoms with Gasteiger partial charge in [-0.05, 0) is 38.5 Å². The van der Waals surface area contributed by atoms with E-state index in [9.17, 15) is 8.42 Å².